The van der Waals surface area contributed by atoms with E-state index in [-0.39, 0.29) is 6.10 Å². The van der Waals surface area contributed by atoms with Crippen molar-refractivity contribution in [2.75, 3.05) is 25.6 Å². The number of anilines is 1. The van der Waals surface area contributed by atoms with E-state index in [0.717, 1.165) is 22.8 Å². The minimum Gasteiger partial charge on any atom is -0.483 e. The first-order valence-corrected chi connectivity index (χ1v) is 13.9. The lowest BCUT2D eigenvalue weighted by Gasteiger charge is -2.27. The average molecular weight is 428 g/mol. The molecule has 0 amide bonds. The second kappa shape index (κ2) is 8.33. The molecule has 0 atom stereocenters. The normalized spacial score (nSPS) is 14.8. The Morgan fingerprint density at radius 2 is 2.00 bits per heavy atom. The van der Waals surface area contributed by atoms with Crippen LogP contribution in [0.5, 0.6) is 5.75 Å². The summed E-state index contributed by atoms with van der Waals surface area (Å²) in [5, 5.41) is 8.51. The monoisotopic (exact) mass is 427 g/mol. The Bertz CT molecular complexity index is 1030. The molecule has 0 bridgehead atoms. The Hall–Kier alpha value is -2.49. The van der Waals surface area contributed by atoms with Crippen molar-refractivity contribution in [3.05, 3.63) is 30.0 Å². The third kappa shape index (κ3) is 4.63. The minimum absolute atomic E-state index is 0.0409. The molecule has 1 aliphatic rings. The number of rotatable bonds is 8. The van der Waals surface area contributed by atoms with Crippen molar-refractivity contribution in [3.8, 4) is 17.3 Å². The molecular weight excluding hydrogens is 398 g/mol. The fourth-order valence-corrected chi connectivity index (χ4v) is 3.87. The van der Waals surface area contributed by atoms with Crippen molar-refractivity contribution in [1.82, 2.24) is 19.7 Å². The Kier molecular flexibility index (Phi) is 5.76. The molecule has 1 saturated heterocycles. The van der Waals surface area contributed by atoms with E-state index in [4.69, 9.17) is 24.9 Å². The van der Waals surface area contributed by atoms with Crippen molar-refractivity contribution < 1.29 is 14.2 Å². The maximum atomic E-state index is 6.29. The molecule has 9 heteroatoms. The van der Waals surface area contributed by atoms with Gasteiger partial charge in [0.25, 0.3) is 0 Å². The smallest absolute Gasteiger partial charge is 0.163 e. The number of aryl methyl sites for hydroxylation is 1. The van der Waals surface area contributed by atoms with Gasteiger partial charge >= 0.3 is 0 Å². The van der Waals surface area contributed by atoms with Gasteiger partial charge in [0.2, 0.25) is 0 Å². The maximum absolute atomic E-state index is 6.29. The van der Waals surface area contributed by atoms with Gasteiger partial charge < -0.3 is 19.9 Å². The standard InChI is InChI=1S/C21H29N5O3Si/c1-14-5-6-17(25-24-14)21-23-18-10-20(29-15-11-28-12-15)16(22)9-19(18)26(21)13-27-7-8-30(2,3)4/h5-6,9-10,15H,7-8,11-13,22H2,1-4H3. The molecule has 160 valence electrons. The van der Waals surface area contributed by atoms with E-state index in [0.29, 0.717) is 49.5 Å². The Balaban J connectivity index is 1.68. The van der Waals surface area contributed by atoms with Gasteiger partial charge in [-0.25, -0.2) is 4.98 Å². The number of nitrogens with zero attached hydrogens (tertiary/aromatic N) is 4. The third-order valence-electron chi connectivity index (χ3n) is 5.02. The molecular formula is C21H29N5O3Si. The van der Waals surface area contributed by atoms with Crippen LogP contribution >= 0.6 is 0 Å². The number of aromatic nitrogens is 4. The van der Waals surface area contributed by atoms with Crippen LogP contribution in [0.3, 0.4) is 0 Å². The topological polar surface area (TPSA) is 97.3 Å². The van der Waals surface area contributed by atoms with Gasteiger partial charge in [0.05, 0.1) is 35.6 Å². The van der Waals surface area contributed by atoms with E-state index < -0.39 is 8.07 Å². The van der Waals surface area contributed by atoms with Crippen molar-refractivity contribution in [2.24, 2.45) is 0 Å². The molecule has 30 heavy (non-hydrogen) atoms. The highest BCUT2D eigenvalue weighted by atomic mass is 28.3. The lowest BCUT2D eigenvalue weighted by Crippen LogP contribution is -2.38. The first-order valence-electron chi connectivity index (χ1n) is 10.2. The summed E-state index contributed by atoms with van der Waals surface area (Å²) in [5.74, 6) is 1.33. The minimum atomic E-state index is -1.17. The molecule has 0 unspecified atom stereocenters. The second-order valence-corrected chi connectivity index (χ2v) is 14.5. The lowest BCUT2D eigenvalue weighted by molar-refractivity contribution is -0.0793. The van der Waals surface area contributed by atoms with Gasteiger partial charge in [-0.15, -0.1) is 5.10 Å². The van der Waals surface area contributed by atoms with Gasteiger partial charge in [-0.2, -0.15) is 5.10 Å². The second-order valence-electron chi connectivity index (χ2n) is 8.93. The molecule has 0 radical (unpaired) electrons. The zero-order valence-corrected chi connectivity index (χ0v) is 19.0. The first kappa shape index (κ1) is 20.8. The summed E-state index contributed by atoms with van der Waals surface area (Å²) < 4.78 is 19.2. The van der Waals surface area contributed by atoms with E-state index in [9.17, 15) is 0 Å². The summed E-state index contributed by atoms with van der Waals surface area (Å²) in [5.41, 5.74) is 10.1. The van der Waals surface area contributed by atoms with Gasteiger partial charge in [0.1, 0.15) is 24.3 Å². The molecule has 2 N–H and O–H groups in total. The van der Waals surface area contributed by atoms with Gasteiger partial charge in [-0.1, -0.05) is 19.6 Å². The number of ether oxygens (including phenoxy) is 3. The molecule has 4 rings (SSSR count). The molecule has 8 nitrogen and oxygen atoms in total. The largest absolute Gasteiger partial charge is 0.483 e. The van der Waals surface area contributed by atoms with Crippen LogP contribution in [0.15, 0.2) is 24.3 Å². The van der Waals surface area contributed by atoms with Gasteiger partial charge in [0.15, 0.2) is 5.82 Å². The summed E-state index contributed by atoms with van der Waals surface area (Å²) in [6.45, 7) is 11.2. The number of hydrogen-bond acceptors (Lipinski definition) is 7. The zero-order valence-electron chi connectivity index (χ0n) is 18.0. The van der Waals surface area contributed by atoms with Crippen LogP contribution in [0.4, 0.5) is 5.69 Å². The molecule has 1 fully saturated rings. The summed E-state index contributed by atoms with van der Waals surface area (Å²) >= 11 is 0. The number of imidazole rings is 1. The number of hydrogen-bond donors (Lipinski definition) is 1. The van der Waals surface area contributed by atoms with Crippen molar-refractivity contribution >= 4 is 24.8 Å². The Labute approximate surface area is 177 Å². The Morgan fingerprint density at radius 3 is 2.63 bits per heavy atom. The maximum Gasteiger partial charge on any atom is 0.163 e. The highest BCUT2D eigenvalue weighted by molar-refractivity contribution is 6.76. The number of benzene rings is 1. The SMILES string of the molecule is Cc1ccc(-c2nc3cc(OC4COC4)c(N)cc3n2COCC[Si](C)(C)C)nn1. The van der Waals surface area contributed by atoms with Crippen LogP contribution < -0.4 is 10.5 Å². The first-order chi connectivity index (χ1) is 14.3. The fourth-order valence-electron chi connectivity index (χ4n) is 3.11. The molecule has 3 heterocycles. The molecule has 1 aromatic carbocycles. The van der Waals surface area contributed by atoms with Crippen LogP contribution in [0, 0.1) is 6.92 Å². The summed E-state index contributed by atoms with van der Waals surface area (Å²) in [4.78, 5) is 4.82. The van der Waals surface area contributed by atoms with Crippen LogP contribution in [0.2, 0.25) is 25.7 Å². The molecule has 0 saturated carbocycles. The van der Waals surface area contributed by atoms with Crippen molar-refractivity contribution in [3.63, 3.8) is 0 Å². The molecule has 2 aromatic heterocycles. The van der Waals surface area contributed by atoms with Gasteiger partial charge in [-0.3, -0.25) is 4.57 Å². The molecule has 3 aromatic rings. The lowest BCUT2D eigenvalue weighted by atomic mass is 10.2. The molecule has 0 aliphatic carbocycles. The van der Waals surface area contributed by atoms with Gasteiger partial charge in [0, 0.05) is 20.7 Å². The number of fused-ring (bicyclic) bond motifs is 1. The van der Waals surface area contributed by atoms with Crippen LogP contribution in [0.1, 0.15) is 5.69 Å². The van der Waals surface area contributed by atoms with Crippen molar-refractivity contribution in [1.29, 1.82) is 0 Å². The quantitative estimate of drug-likeness (QED) is 0.334. The van der Waals surface area contributed by atoms with Gasteiger partial charge in [-0.05, 0) is 31.2 Å². The third-order valence-corrected chi connectivity index (χ3v) is 6.73. The van der Waals surface area contributed by atoms with E-state index in [1.54, 1.807) is 0 Å². The van der Waals surface area contributed by atoms with Crippen molar-refractivity contribution in [2.45, 2.75) is 45.4 Å². The van der Waals surface area contributed by atoms with Crippen LogP contribution in [0.25, 0.3) is 22.6 Å². The molecule has 1 aliphatic heterocycles. The molecule has 0 spiro atoms. The highest BCUT2D eigenvalue weighted by Crippen LogP contribution is 2.32. The Morgan fingerprint density at radius 1 is 1.20 bits per heavy atom. The predicted molar refractivity (Wildman–Crippen MR) is 119 cm³/mol. The van der Waals surface area contributed by atoms with E-state index in [1.807, 2.05) is 35.8 Å². The fraction of sp³-hybridized carbons (Fsp3) is 0.476. The van der Waals surface area contributed by atoms with Crippen LogP contribution in [-0.2, 0) is 16.2 Å². The zero-order chi connectivity index (χ0) is 21.3. The summed E-state index contributed by atoms with van der Waals surface area (Å²) in [6, 6.07) is 8.73. The van der Waals surface area contributed by atoms with E-state index in [2.05, 4.69) is 29.8 Å². The average Bonchev–Trinajstić information content (AvgIpc) is 2.99. The highest BCUT2D eigenvalue weighted by Gasteiger charge is 2.23. The van der Waals surface area contributed by atoms with Crippen LogP contribution in [-0.4, -0.2) is 53.7 Å². The number of nitrogens with two attached hydrogens (primary N) is 1. The number of nitrogen functional groups attached to an aromatic ring is 1. The van der Waals surface area contributed by atoms with E-state index in [1.165, 1.54) is 0 Å². The summed E-state index contributed by atoms with van der Waals surface area (Å²) in [7, 11) is -1.17. The van der Waals surface area contributed by atoms with E-state index >= 15 is 0 Å². The summed E-state index contributed by atoms with van der Waals surface area (Å²) in [6.07, 6.45) is 0.0409. The predicted octanol–water partition coefficient (Wildman–Crippen LogP) is 3.47.